The number of rotatable bonds is 2. The number of allylic oxidation sites excluding steroid dienone is 2. The van der Waals surface area contributed by atoms with Crippen molar-refractivity contribution in [2.75, 3.05) is 0 Å². The van der Waals surface area contributed by atoms with Gasteiger partial charge in [0, 0.05) is 25.2 Å². The molecule has 4 rings (SSSR count). The van der Waals surface area contributed by atoms with Crippen LogP contribution >= 0.6 is 0 Å². The first-order chi connectivity index (χ1) is 12.3. The average Bonchev–Trinajstić information content (AvgIpc) is 2.94. The summed E-state index contributed by atoms with van der Waals surface area (Å²) in [5, 5.41) is 0. The average molecular weight is 357 g/mol. The van der Waals surface area contributed by atoms with Crippen molar-refractivity contribution in [3.8, 4) is 0 Å². The van der Waals surface area contributed by atoms with Gasteiger partial charge in [-0.15, -0.1) is 0 Å². The molecule has 0 aromatic rings. The highest BCUT2D eigenvalue weighted by atomic mass is 16.1. The predicted molar refractivity (Wildman–Crippen MR) is 105 cm³/mol. The third-order valence-electron chi connectivity index (χ3n) is 9.36. The fraction of sp³-hybridized carbons (Fsp3) is 0.833. The molecule has 2 heteroatoms. The summed E-state index contributed by atoms with van der Waals surface area (Å²) in [7, 11) is 0. The normalized spacial score (nSPS) is 48.8. The standard InChI is InChI=1S/C24H36O2/c1-5-6-15(2)18-7-8-19-17-14-22(26)21-13-16(25)9-11-24(21,4)20(17)10-12-23(18,19)3/h6,17-21H,5,7-14H2,1-4H3/b15-6+/t17?,18-,19?,20?,21?,23?,24?/m1/s1. The van der Waals surface area contributed by atoms with Gasteiger partial charge in [-0.05, 0) is 80.0 Å². The maximum atomic E-state index is 13.1. The van der Waals surface area contributed by atoms with E-state index in [1.54, 1.807) is 5.57 Å². The molecule has 0 radical (unpaired) electrons. The van der Waals surface area contributed by atoms with Crippen LogP contribution in [0.15, 0.2) is 11.6 Å². The largest absolute Gasteiger partial charge is 0.300 e. The van der Waals surface area contributed by atoms with E-state index in [1.807, 2.05) is 0 Å². The van der Waals surface area contributed by atoms with E-state index in [1.165, 1.54) is 25.7 Å². The first-order valence-corrected chi connectivity index (χ1v) is 11.0. The van der Waals surface area contributed by atoms with E-state index in [0.717, 1.165) is 19.3 Å². The monoisotopic (exact) mass is 356 g/mol. The molecule has 0 aromatic carbocycles. The van der Waals surface area contributed by atoms with E-state index < -0.39 is 0 Å². The van der Waals surface area contributed by atoms with E-state index in [0.29, 0.717) is 53.5 Å². The molecule has 4 fully saturated rings. The highest BCUT2D eigenvalue weighted by Gasteiger charge is 2.62. The fourth-order valence-corrected chi connectivity index (χ4v) is 8.05. The third kappa shape index (κ3) is 2.50. The minimum atomic E-state index is 0.0216. The van der Waals surface area contributed by atoms with Gasteiger partial charge in [-0.2, -0.15) is 0 Å². The topological polar surface area (TPSA) is 34.1 Å². The van der Waals surface area contributed by atoms with Gasteiger partial charge < -0.3 is 0 Å². The minimum absolute atomic E-state index is 0.0216. The summed E-state index contributed by atoms with van der Waals surface area (Å²) >= 11 is 0. The van der Waals surface area contributed by atoms with Crippen LogP contribution in [-0.4, -0.2) is 11.6 Å². The van der Waals surface area contributed by atoms with Crippen molar-refractivity contribution in [3.05, 3.63) is 11.6 Å². The summed E-state index contributed by atoms with van der Waals surface area (Å²) < 4.78 is 0. The lowest BCUT2D eigenvalue weighted by Gasteiger charge is -2.59. The molecule has 4 aliphatic rings. The summed E-state index contributed by atoms with van der Waals surface area (Å²) in [6, 6.07) is 0. The van der Waals surface area contributed by atoms with Crippen LogP contribution in [0, 0.1) is 40.4 Å². The maximum Gasteiger partial charge on any atom is 0.137 e. The Kier molecular flexibility index (Phi) is 4.48. The van der Waals surface area contributed by atoms with Crippen LogP contribution in [-0.2, 0) is 9.59 Å². The Morgan fingerprint density at radius 3 is 2.50 bits per heavy atom. The van der Waals surface area contributed by atoms with Crippen LogP contribution in [0.5, 0.6) is 0 Å². The third-order valence-corrected chi connectivity index (χ3v) is 9.36. The van der Waals surface area contributed by atoms with E-state index in [9.17, 15) is 9.59 Å². The summed E-state index contributed by atoms with van der Waals surface area (Å²) in [5.74, 6) is 3.39. The van der Waals surface area contributed by atoms with Crippen molar-refractivity contribution < 1.29 is 9.59 Å². The molecule has 0 saturated heterocycles. The van der Waals surface area contributed by atoms with Gasteiger partial charge in [0.15, 0.2) is 0 Å². The molecule has 0 spiro atoms. The quantitative estimate of drug-likeness (QED) is 0.590. The molecule has 4 aliphatic carbocycles. The predicted octanol–water partition coefficient (Wildman–Crippen LogP) is 5.75. The maximum absolute atomic E-state index is 13.1. The lowest BCUT2D eigenvalue weighted by Crippen LogP contribution is -2.56. The molecule has 2 nitrogen and oxygen atoms in total. The zero-order valence-electron chi connectivity index (χ0n) is 17.1. The first-order valence-electron chi connectivity index (χ1n) is 11.0. The molecule has 4 saturated carbocycles. The van der Waals surface area contributed by atoms with Gasteiger partial charge in [0.2, 0.25) is 0 Å². The summed E-state index contributed by atoms with van der Waals surface area (Å²) in [6.07, 6.45) is 11.7. The number of carbonyl (C=O) groups is 2. The van der Waals surface area contributed by atoms with Gasteiger partial charge >= 0.3 is 0 Å². The molecule has 0 amide bonds. The lowest BCUT2D eigenvalue weighted by molar-refractivity contribution is -0.157. The number of fused-ring (bicyclic) bond motifs is 5. The molecule has 144 valence electrons. The summed E-state index contributed by atoms with van der Waals surface area (Å²) in [4.78, 5) is 25.1. The van der Waals surface area contributed by atoms with E-state index in [2.05, 4.69) is 33.8 Å². The van der Waals surface area contributed by atoms with Crippen molar-refractivity contribution in [3.63, 3.8) is 0 Å². The molecule has 26 heavy (non-hydrogen) atoms. The second-order valence-electron chi connectivity index (χ2n) is 10.4. The SMILES string of the molecule is CC/C=C(\C)[C@H]1CCC2C3CC(=O)C4CC(=O)CCC4(C)C3CCC21C. The van der Waals surface area contributed by atoms with E-state index in [4.69, 9.17) is 0 Å². The van der Waals surface area contributed by atoms with Crippen LogP contribution in [0.4, 0.5) is 0 Å². The van der Waals surface area contributed by atoms with Crippen molar-refractivity contribution in [2.45, 2.75) is 85.5 Å². The molecule has 0 bridgehead atoms. The van der Waals surface area contributed by atoms with E-state index in [-0.39, 0.29) is 11.3 Å². The van der Waals surface area contributed by atoms with Gasteiger partial charge in [0.1, 0.15) is 11.6 Å². The van der Waals surface area contributed by atoms with Crippen LogP contribution in [0.25, 0.3) is 0 Å². The number of carbonyl (C=O) groups excluding carboxylic acids is 2. The Morgan fingerprint density at radius 2 is 1.77 bits per heavy atom. The van der Waals surface area contributed by atoms with E-state index >= 15 is 0 Å². The Balaban J connectivity index is 1.65. The summed E-state index contributed by atoms with van der Waals surface area (Å²) in [5.41, 5.74) is 2.05. The molecule has 0 aliphatic heterocycles. The van der Waals surface area contributed by atoms with Crippen molar-refractivity contribution >= 4 is 11.6 Å². The first kappa shape index (κ1) is 18.4. The Bertz CT molecular complexity index is 647. The van der Waals surface area contributed by atoms with Gasteiger partial charge in [-0.3, -0.25) is 9.59 Å². The number of Topliss-reactive ketones (excluding diaryl/α,β-unsaturated/α-hetero) is 2. The molecule has 6 unspecified atom stereocenters. The lowest BCUT2D eigenvalue weighted by atomic mass is 9.44. The van der Waals surface area contributed by atoms with Crippen molar-refractivity contribution in [1.29, 1.82) is 0 Å². The smallest absolute Gasteiger partial charge is 0.137 e. The second kappa shape index (κ2) is 6.31. The number of ketones is 2. The Hall–Kier alpha value is -0.920. The zero-order chi connectivity index (χ0) is 18.7. The molecule has 7 atom stereocenters. The van der Waals surface area contributed by atoms with Crippen molar-refractivity contribution in [2.24, 2.45) is 40.4 Å². The van der Waals surface area contributed by atoms with Gasteiger partial charge in [0.05, 0.1) is 0 Å². The fourth-order valence-electron chi connectivity index (χ4n) is 8.05. The molecular weight excluding hydrogens is 320 g/mol. The summed E-state index contributed by atoms with van der Waals surface area (Å²) in [6.45, 7) is 9.46. The highest BCUT2D eigenvalue weighted by molar-refractivity contribution is 5.90. The Morgan fingerprint density at radius 1 is 1.04 bits per heavy atom. The highest BCUT2D eigenvalue weighted by Crippen LogP contribution is 2.67. The molecular formula is C24H36O2. The van der Waals surface area contributed by atoms with Crippen LogP contribution < -0.4 is 0 Å². The van der Waals surface area contributed by atoms with Crippen LogP contribution in [0.2, 0.25) is 0 Å². The number of hydrogen-bond acceptors (Lipinski definition) is 2. The van der Waals surface area contributed by atoms with Crippen LogP contribution in [0.1, 0.15) is 85.5 Å². The molecule has 0 N–H and O–H groups in total. The van der Waals surface area contributed by atoms with Gasteiger partial charge in [0.25, 0.3) is 0 Å². The second-order valence-corrected chi connectivity index (χ2v) is 10.4. The molecule has 0 heterocycles. The van der Waals surface area contributed by atoms with Gasteiger partial charge in [-0.25, -0.2) is 0 Å². The number of hydrogen-bond donors (Lipinski definition) is 0. The molecule has 0 aromatic heterocycles. The van der Waals surface area contributed by atoms with Crippen molar-refractivity contribution in [1.82, 2.24) is 0 Å². The van der Waals surface area contributed by atoms with Crippen LogP contribution in [0.3, 0.4) is 0 Å². The van der Waals surface area contributed by atoms with Gasteiger partial charge in [-0.1, -0.05) is 32.4 Å². The zero-order valence-corrected chi connectivity index (χ0v) is 17.1. The Labute approximate surface area is 159 Å². The minimum Gasteiger partial charge on any atom is -0.300 e.